The largest absolute Gasteiger partial charge is 0.389 e. The third-order valence-electron chi connectivity index (χ3n) is 4.19. The van der Waals surface area contributed by atoms with Crippen molar-refractivity contribution in [3.63, 3.8) is 0 Å². The number of hydrogen-bond acceptors (Lipinski definition) is 3. The van der Waals surface area contributed by atoms with E-state index in [0.717, 1.165) is 39.0 Å². The SMILES string of the molecule is CCN1CCc2c(cc(C(N)=S)c(=O)n2CCC(C)C)C1. The zero-order valence-corrected chi connectivity index (χ0v) is 14.0. The standard InChI is InChI=1S/C16H25N3OS/c1-4-18-7-6-14-12(10-18)9-13(15(17)21)16(20)19(14)8-5-11(2)3/h9,11H,4-8,10H2,1-3H3,(H2,17,21). The van der Waals surface area contributed by atoms with Crippen molar-refractivity contribution in [2.75, 3.05) is 13.1 Å². The Morgan fingerprint density at radius 1 is 1.48 bits per heavy atom. The fraction of sp³-hybridized carbons (Fsp3) is 0.625. The predicted molar refractivity (Wildman–Crippen MR) is 90.7 cm³/mol. The molecule has 0 bridgehead atoms. The average molecular weight is 307 g/mol. The van der Waals surface area contributed by atoms with Crippen LogP contribution in [0, 0.1) is 5.92 Å². The van der Waals surface area contributed by atoms with Gasteiger partial charge in [0.05, 0.1) is 5.56 Å². The Morgan fingerprint density at radius 3 is 2.76 bits per heavy atom. The Hall–Kier alpha value is -1.20. The third-order valence-corrected chi connectivity index (χ3v) is 4.41. The molecule has 0 unspecified atom stereocenters. The van der Waals surface area contributed by atoms with Crippen molar-refractivity contribution in [2.24, 2.45) is 11.7 Å². The van der Waals surface area contributed by atoms with Crippen molar-refractivity contribution in [3.05, 3.63) is 33.2 Å². The fourth-order valence-electron chi connectivity index (χ4n) is 2.85. The maximum absolute atomic E-state index is 12.6. The topological polar surface area (TPSA) is 51.3 Å². The number of pyridine rings is 1. The lowest BCUT2D eigenvalue weighted by atomic mass is 10.0. The molecular formula is C16H25N3OS. The Morgan fingerprint density at radius 2 is 2.19 bits per heavy atom. The van der Waals surface area contributed by atoms with Crippen LogP contribution in [0.25, 0.3) is 0 Å². The van der Waals surface area contributed by atoms with Crippen molar-refractivity contribution >= 4 is 17.2 Å². The first-order chi connectivity index (χ1) is 9.93. The Bertz CT molecular complexity index is 592. The Balaban J connectivity index is 2.48. The molecule has 0 spiro atoms. The van der Waals surface area contributed by atoms with Gasteiger partial charge in [0.25, 0.3) is 5.56 Å². The minimum atomic E-state index is -0.0214. The van der Waals surface area contributed by atoms with E-state index in [-0.39, 0.29) is 10.5 Å². The summed E-state index contributed by atoms with van der Waals surface area (Å²) in [5.74, 6) is 0.566. The molecule has 5 heteroatoms. The molecular weight excluding hydrogens is 282 g/mol. The molecule has 0 amide bonds. The van der Waals surface area contributed by atoms with Crippen molar-refractivity contribution in [1.29, 1.82) is 0 Å². The average Bonchev–Trinajstić information content (AvgIpc) is 2.44. The maximum atomic E-state index is 12.6. The van der Waals surface area contributed by atoms with Crippen molar-refractivity contribution in [1.82, 2.24) is 9.47 Å². The van der Waals surface area contributed by atoms with E-state index in [0.29, 0.717) is 11.5 Å². The van der Waals surface area contributed by atoms with Crippen LogP contribution < -0.4 is 11.3 Å². The van der Waals surface area contributed by atoms with Crippen LogP contribution in [0.5, 0.6) is 0 Å². The van der Waals surface area contributed by atoms with Crippen LogP contribution in [-0.2, 0) is 19.5 Å². The van der Waals surface area contributed by atoms with Gasteiger partial charge in [-0.05, 0) is 30.5 Å². The molecule has 1 aliphatic heterocycles. The van der Waals surface area contributed by atoms with Gasteiger partial charge < -0.3 is 10.3 Å². The van der Waals surface area contributed by atoms with Gasteiger partial charge in [-0.3, -0.25) is 9.69 Å². The molecule has 0 radical (unpaired) electrons. The van der Waals surface area contributed by atoms with Crippen LogP contribution in [0.1, 0.15) is 44.0 Å². The Kier molecular flexibility index (Phi) is 5.17. The smallest absolute Gasteiger partial charge is 0.261 e. The molecule has 0 atom stereocenters. The van der Waals surface area contributed by atoms with Gasteiger partial charge in [-0.25, -0.2) is 0 Å². The van der Waals surface area contributed by atoms with Gasteiger partial charge in [0.1, 0.15) is 4.99 Å². The highest BCUT2D eigenvalue weighted by Gasteiger charge is 2.21. The first-order valence-electron chi connectivity index (χ1n) is 7.71. The number of thiocarbonyl (C=S) groups is 1. The van der Waals surface area contributed by atoms with E-state index in [1.54, 1.807) is 0 Å². The van der Waals surface area contributed by atoms with E-state index in [4.69, 9.17) is 18.0 Å². The maximum Gasteiger partial charge on any atom is 0.261 e. The van der Waals surface area contributed by atoms with Crippen molar-refractivity contribution in [2.45, 2.75) is 46.7 Å². The van der Waals surface area contributed by atoms with Gasteiger partial charge >= 0.3 is 0 Å². The molecule has 2 N–H and O–H groups in total. The van der Waals surface area contributed by atoms with Crippen molar-refractivity contribution < 1.29 is 0 Å². The molecule has 1 aliphatic rings. The third kappa shape index (κ3) is 3.52. The van der Waals surface area contributed by atoms with E-state index in [1.807, 2.05) is 10.6 Å². The van der Waals surface area contributed by atoms with Crippen molar-refractivity contribution in [3.8, 4) is 0 Å². The predicted octanol–water partition coefficient (Wildman–Crippen LogP) is 1.91. The lowest BCUT2D eigenvalue weighted by Gasteiger charge is -2.30. The number of nitrogens with zero attached hydrogens (tertiary/aromatic N) is 2. The van der Waals surface area contributed by atoms with E-state index < -0.39 is 0 Å². The molecule has 2 heterocycles. The summed E-state index contributed by atoms with van der Waals surface area (Å²) in [5, 5.41) is 0. The summed E-state index contributed by atoms with van der Waals surface area (Å²) in [6.07, 6.45) is 1.92. The lowest BCUT2D eigenvalue weighted by molar-refractivity contribution is 0.261. The van der Waals surface area contributed by atoms with E-state index >= 15 is 0 Å². The molecule has 2 rings (SSSR count). The highest BCUT2D eigenvalue weighted by molar-refractivity contribution is 7.80. The van der Waals surface area contributed by atoms with Crippen LogP contribution in [0.3, 0.4) is 0 Å². The number of nitrogens with two attached hydrogens (primary N) is 1. The van der Waals surface area contributed by atoms with Gasteiger partial charge in [-0.15, -0.1) is 0 Å². The summed E-state index contributed by atoms with van der Waals surface area (Å²) in [6.45, 7) is 10.2. The number of hydrogen-bond donors (Lipinski definition) is 1. The molecule has 0 saturated heterocycles. The quantitative estimate of drug-likeness (QED) is 0.844. The summed E-state index contributed by atoms with van der Waals surface area (Å²) in [5.41, 5.74) is 8.59. The highest BCUT2D eigenvalue weighted by Crippen LogP contribution is 2.19. The summed E-state index contributed by atoms with van der Waals surface area (Å²) in [4.78, 5) is 15.2. The molecule has 0 aliphatic carbocycles. The van der Waals surface area contributed by atoms with Gasteiger partial charge in [0.15, 0.2) is 0 Å². The fourth-order valence-corrected chi connectivity index (χ4v) is 2.99. The minimum Gasteiger partial charge on any atom is -0.389 e. The lowest BCUT2D eigenvalue weighted by Crippen LogP contribution is -2.38. The number of likely N-dealkylation sites (N-methyl/N-ethyl adjacent to an activating group) is 1. The monoisotopic (exact) mass is 307 g/mol. The van der Waals surface area contributed by atoms with Gasteiger partial charge in [0, 0.05) is 31.7 Å². The zero-order chi connectivity index (χ0) is 15.6. The molecule has 116 valence electrons. The molecule has 21 heavy (non-hydrogen) atoms. The van der Waals surface area contributed by atoms with Crippen LogP contribution in [0.2, 0.25) is 0 Å². The van der Waals surface area contributed by atoms with Crippen LogP contribution >= 0.6 is 12.2 Å². The molecule has 1 aromatic rings. The van der Waals surface area contributed by atoms with Crippen LogP contribution in [0.4, 0.5) is 0 Å². The molecule has 4 nitrogen and oxygen atoms in total. The second-order valence-corrected chi connectivity index (χ2v) is 6.59. The van der Waals surface area contributed by atoms with Crippen LogP contribution in [-0.4, -0.2) is 27.5 Å². The van der Waals surface area contributed by atoms with E-state index in [2.05, 4.69) is 25.7 Å². The Labute approximate surface area is 131 Å². The second-order valence-electron chi connectivity index (χ2n) is 6.15. The first kappa shape index (κ1) is 16.2. The van der Waals surface area contributed by atoms with E-state index in [1.165, 1.54) is 11.3 Å². The van der Waals surface area contributed by atoms with Gasteiger partial charge in [-0.2, -0.15) is 0 Å². The summed E-state index contributed by atoms with van der Waals surface area (Å²) >= 11 is 5.06. The van der Waals surface area contributed by atoms with Crippen LogP contribution in [0.15, 0.2) is 10.9 Å². The number of rotatable bonds is 5. The van der Waals surface area contributed by atoms with Gasteiger partial charge in [0.2, 0.25) is 0 Å². The first-order valence-corrected chi connectivity index (χ1v) is 8.12. The number of aromatic nitrogens is 1. The summed E-state index contributed by atoms with van der Waals surface area (Å²) < 4.78 is 1.91. The van der Waals surface area contributed by atoms with E-state index in [9.17, 15) is 4.79 Å². The minimum absolute atomic E-state index is 0.0214. The number of fused-ring (bicyclic) bond motifs is 1. The van der Waals surface area contributed by atoms with Gasteiger partial charge in [-0.1, -0.05) is 33.0 Å². The normalized spacial score (nSPS) is 15.2. The second kappa shape index (κ2) is 6.71. The molecule has 0 aromatic carbocycles. The molecule has 0 fully saturated rings. The molecule has 0 saturated carbocycles. The summed E-state index contributed by atoms with van der Waals surface area (Å²) in [6, 6.07) is 1.91. The highest BCUT2D eigenvalue weighted by atomic mass is 32.1. The summed E-state index contributed by atoms with van der Waals surface area (Å²) in [7, 11) is 0. The molecule has 1 aromatic heterocycles. The zero-order valence-electron chi connectivity index (χ0n) is 13.2.